The van der Waals surface area contributed by atoms with Gasteiger partial charge in [0.1, 0.15) is 5.75 Å². The van der Waals surface area contributed by atoms with E-state index in [0.29, 0.717) is 22.9 Å². The second-order valence-corrected chi connectivity index (χ2v) is 5.70. The Morgan fingerprint density at radius 2 is 2.15 bits per heavy atom. The number of carbonyl (C=O) groups is 1. The third-order valence-electron chi connectivity index (χ3n) is 3.34. The second kappa shape index (κ2) is 6.95. The van der Waals surface area contributed by atoms with Gasteiger partial charge in [-0.3, -0.25) is 4.79 Å². The molecule has 0 aliphatic rings. The minimum Gasteiger partial charge on any atom is -0.493 e. The Labute approximate surface area is 125 Å². The average Bonchev–Trinajstić information content (AvgIpc) is 2.36. The van der Waals surface area contributed by atoms with Crippen molar-refractivity contribution in [3.63, 3.8) is 0 Å². The number of ether oxygens (including phenoxy) is 1. The van der Waals surface area contributed by atoms with E-state index in [4.69, 9.17) is 16.3 Å². The van der Waals surface area contributed by atoms with Crippen LogP contribution < -0.4 is 10.1 Å². The van der Waals surface area contributed by atoms with Gasteiger partial charge in [0.25, 0.3) is 5.91 Å². The Hall–Kier alpha value is -1.26. The zero-order valence-electron chi connectivity index (χ0n) is 12.4. The van der Waals surface area contributed by atoms with Crippen molar-refractivity contribution in [2.75, 3.05) is 13.2 Å². The van der Waals surface area contributed by atoms with Crippen LogP contribution in [0.3, 0.4) is 0 Å². The van der Waals surface area contributed by atoms with Crippen molar-refractivity contribution in [2.24, 2.45) is 5.92 Å². The van der Waals surface area contributed by atoms with E-state index in [9.17, 15) is 9.90 Å². The fraction of sp³-hybridized carbons (Fsp3) is 0.533. The van der Waals surface area contributed by atoms with Crippen LogP contribution in [-0.2, 0) is 0 Å². The molecule has 112 valence electrons. The summed E-state index contributed by atoms with van der Waals surface area (Å²) in [5, 5.41) is 13.4. The van der Waals surface area contributed by atoms with Gasteiger partial charge in [-0.1, -0.05) is 25.4 Å². The van der Waals surface area contributed by atoms with E-state index in [-0.39, 0.29) is 18.4 Å². The summed E-state index contributed by atoms with van der Waals surface area (Å²) < 4.78 is 5.41. The summed E-state index contributed by atoms with van der Waals surface area (Å²) in [4.78, 5) is 12.2. The van der Waals surface area contributed by atoms with Crippen molar-refractivity contribution in [3.8, 4) is 5.75 Å². The fourth-order valence-corrected chi connectivity index (χ4v) is 1.68. The van der Waals surface area contributed by atoms with E-state index < -0.39 is 5.60 Å². The smallest absolute Gasteiger partial charge is 0.255 e. The van der Waals surface area contributed by atoms with Gasteiger partial charge in [0.15, 0.2) is 0 Å². The molecule has 1 rings (SSSR count). The van der Waals surface area contributed by atoms with Crippen LogP contribution in [-0.4, -0.2) is 29.8 Å². The van der Waals surface area contributed by atoms with E-state index in [1.54, 1.807) is 25.1 Å². The topological polar surface area (TPSA) is 58.6 Å². The van der Waals surface area contributed by atoms with Crippen LogP contribution in [0.25, 0.3) is 0 Å². The summed E-state index contributed by atoms with van der Waals surface area (Å²) in [6, 6.07) is 4.87. The van der Waals surface area contributed by atoms with E-state index in [2.05, 4.69) is 5.32 Å². The van der Waals surface area contributed by atoms with E-state index >= 15 is 0 Å². The number of aliphatic hydroxyl groups is 1. The molecule has 1 aromatic rings. The molecule has 0 saturated carbocycles. The minimum atomic E-state index is -0.951. The molecule has 1 amide bonds. The molecule has 2 N–H and O–H groups in total. The fourth-order valence-electron chi connectivity index (χ4n) is 1.52. The predicted octanol–water partition coefficient (Wildman–Crippen LogP) is 2.88. The summed E-state index contributed by atoms with van der Waals surface area (Å²) in [7, 11) is 0. The minimum absolute atomic E-state index is 0.0411. The third-order valence-corrected chi connectivity index (χ3v) is 3.57. The van der Waals surface area contributed by atoms with E-state index in [1.165, 1.54) is 0 Å². The lowest BCUT2D eigenvalue weighted by molar-refractivity contribution is 0.0142. The Morgan fingerprint density at radius 1 is 1.50 bits per heavy atom. The molecule has 5 heteroatoms. The van der Waals surface area contributed by atoms with Crippen LogP contribution in [0.1, 0.15) is 38.1 Å². The van der Waals surface area contributed by atoms with Crippen LogP contribution in [0, 0.1) is 5.92 Å². The molecule has 1 aromatic carbocycles. The normalized spacial score (nSPS) is 13.9. The van der Waals surface area contributed by atoms with Crippen molar-refractivity contribution in [3.05, 3.63) is 28.8 Å². The molecule has 0 aliphatic carbocycles. The molecule has 20 heavy (non-hydrogen) atoms. The summed E-state index contributed by atoms with van der Waals surface area (Å²) >= 11 is 5.90. The molecular weight excluding hydrogens is 278 g/mol. The largest absolute Gasteiger partial charge is 0.493 e. The molecule has 0 bridgehead atoms. The first-order valence-corrected chi connectivity index (χ1v) is 7.08. The third kappa shape index (κ3) is 4.39. The van der Waals surface area contributed by atoms with Crippen LogP contribution >= 0.6 is 11.6 Å². The number of carbonyl (C=O) groups excluding carboxylic acids is 1. The van der Waals surface area contributed by atoms with E-state index in [1.807, 2.05) is 20.8 Å². The Balaban J connectivity index is 2.82. The number of amides is 1. The molecule has 0 fully saturated rings. The van der Waals surface area contributed by atoms with E-state index in [0.717, 1.165) is 0 Å². The average molecular weight is 300 g/mol. The molecule has 0 saturated heterocycles. The SMILES string of the molecule is CCOc1cc(Cl)ccc1C(=O)NCC(C)(O)C(C)C. The predicted molar refractivity (Wildman–Crippen MR) is 80.4 cm³/mol. The summed E-state index contributed by atoms with van der Waals surface area (Å²) in [6.07, 6.45) is 0. The highest BCUT2D eigenvalue weighted by atomic mass is 35.5. The monoisotopic (exact) mass is 299 g/mol. The number of rotatable bonds is 6. The first-order valence-electron chi connectivity index (χ1n) is 6.71. The molecular formula is C15H22ClNO3. The lowest BCUT2D eigenvalue weighted by Gasteiger charge is -2.27. The van der Waals surface area contributed by atoms with Crippen LogP contribution in [0.4, 0.5) is 0 Å². The van der Waals surface area contributed by atoms with Gasteiger partial charge in [0.05, 0.1) is 17.8 Å². The highest BCUT2D eigenvalue weighted by Crippen LogP contribution is 2.24. The zero-order valence-corrected chi connectivity index (χ0v) is 13.1. The lowest BCUT2D eigenvalue weighted by atomic mass is 9.92. The number of hydrogen-bond acceptors (Lipinski definition) is 3. The molecule has 0 spiro atoms. The summed E-state index contributed by atoms with van der Waals surface area (Å²) in [5.74, 6) is 0.201. The van der Waals surface area contributed by atoms with Crippen LogP contribution in [0.5, 0.6) is 5.75 Å². The maximum atomic E-state index is 12.2. The Bertz CT molecular complexity index is 472. The van der Waals surface area contributed by atoms with Gasteiger partial charge in [0, 0.05) is 11.6 Å². The van der Waals surface area contributed by atoms with Crippen LogP contribution in [0.2, 0.25) is 5.02 Å². The van der Waals surface area contributed by atoms with Gasteiger partial charge < -0.3 is 15.2 Å². The highest BCUT2D eigenvalue weighted by molar-refractivity contribution is 6.30. The standard InChI is InChI=1S/C15H22ClNO3/c1-5-20-13-8-11(16)6-7-12(13)14(18)17-9-15(4,19)10(2)3/h6-8,10,19H,5,9H2,1-4H3,(H,17,18). The Morgan fingerprint density at radius 3 is 2.70 bits per heavy atom. The van der Waals surface area contributed by atoms with Gasteiger partial charge in [0.2, 0.25) is 0 Å². The Kier molecular flexibility index (Phi) is 5.84. The first-order chi connectivity index (χ1) is 9.27. The number of benzene rings is 1. The molecule has 0 aromatic heterocycles. The second-order valence-electron chi connectivity index (χ2n) is 5.27. The van der Waals surface area contributed by atoms with Crippen molar-refractivity contribution >= 4 is 17.5 Å². The summed E-state index contributed by atoms with van der Waals surface area (Å²) in [6.45, 7) is 7.97. The highest BCUT2D eigenvalue weighted by Gasteiger charge is 2.26. The lowest BCUT2D eigenvalue weighted by Crippen LogP contribution is -2.44. The van der Waals surface area contributed by atoms with Crippen molar-refractivity contribution in [1.29, 1.82) is 0 Å². The van der Waals surface area contributed by atoms with Crippen molar-refractivity contribution in [1.82, 2.24) is 5.32 Å². The number of hydrogen-bond donors (Lipinski definition) is 2. The molecule has 4 nitrogen and oxygen atoms in total. The maximum Gasteiger partial charge on any atom is 0.255 e. The number of halogens is 1. The van der Waals surface area contributed by atoms with Gasteiger partial charge in [-0.05, 0) is 38.0 Å². The molecule has 0 radical (unpaired) electrons. The molecule has 1 unspecified atom stereocenters. The molecule has 1 atom stereocenters. The number of nitrogens with one attached hydrogen (secondary N) is 1. The first kappa shape index (κ1) is 16.8. The molecule has 0 heterocycles. The summed E-state index contributed by atoms with van der Waals surface area (Å²) in [5.41, 5.74) is -0.538. The molecule has 0 aliphatic heterocycles. The van der Waals surface area contributed by atoms with Crippen molar-refractivity contribution < 1.29 is 14.6 Å². The van der Waals surface area contributed by atoms with Gasteiger partial charge in [-0.15, -0.1) is 0 Å². The maximum absolute atomic E-state index is 12.2. The van der Waals surface area contributed by atoms with Gasteiger partial charge >= 0.3 is 0 Å². The zero-order chi connectivity index (χ0) is 15.3. The van der Waals surface area contributed by atoms with Crippen LogP contribution in [0.15, 0.2) is 18.2 Å². The van der Waals surface area contributed by atoms with Crippen molar-refractivity contribution in [2.45, 2.75) is 33.3 Å². The van der Waals surface area contributed by atoms with Gasteiger partial charge in [-0.25, -0.2) is 0 Å². The van der Waals surface area contributed by atoms with Gasteiger partial charge in [-0.2, -0.15) is 0 Å². The quantitative estimate of drug-likeness (QED) is 0.849.